The molecule has 17 heavy (non-hydrogen) atoms. The number of β-lactam (4-membered cyclic amide) rings is 1. The Morgan fingerprint density at radius 3 is 2.53 bits per heavy atom. The molecule has 1 aromatic carbocycles. The molecule has 1 fully saturated rings. The maximum absolute atomic E-state index is 11.8. The normalized spacial score (nSPS) is 21.6. The molecule has 4 nitrogen and oxygen atoms in total. The number of carbonyl (C=O) groups excluding carboxylic acids is 1. The van der Waals surface area contributed by atoms with E-state index in [0.717, 1.165) is 11.4 Å². The monoisotopic (exact) mass is 233 g/mol. The number of hydrogen-bond donors (Lipinski definition) is 1. The minimum Gasteiger partial charge on any atom is -0.497 e. The molecule has 0 aromatic heterocycles. The molecule has 1 atom stereocenters. The molecule has 1 N–H and O–H groups in total. The van der Waals surface area contributed by atoms with Crippen LogP contribution in [0.3, 0.4) is 0 Å². The number of aliphatic hydroxyl groups excluding tert-OH is 1. The zero-order valence-corrected chi connectivity index (χ0v) is 9.88. The van der Waals surface area contributed by atoms with Crippen LogP contribution in [-0.4, -0.2) is 30.8 Å². The van der Waals surface area contributed by atoms with Crippen LogP contribution < -0.4 is 9.64 Å². The number of aliphatic hydroxyl groups is 1. The topological polar surface area (TPSA) is 49.8 Å². The highest BCUT2D eigenvalue weighted by molar-refractivity contribution is 6.15. The van der Waals surface area contributed by atoms with Gasteiger partial charge in [0.15, 0.2) is 0 Å². The second-order valence-corrected chi connectivity index (χ2v) is 3.82. The Hall–Kier alpha value is -1.81. The highest BCUT2D eigenvalue weighted by Gasteiger charge is 2.41. The maximum Gasteiger partial charge on any atom is 0.256 e. The van der Waals surface area contributed by atoms with Crippen molar-refractivity contribution in [3.8, 4) is 5.75 Å². The molecule has 0 bridgehead atoms. The number of ether oxygens (including phenoxy) is 1. The van der Waals surface area contributed by atoms with Crippen molar-refractivity contribution in [3.05, 3.63) is 35.9 Å². The Balaban J connectivity index is 2.25. The van der Waals surface area contributed by atoms with E-state index in [1.807, 2.05) is 12.1 Å². The number of allylic oxidation sites excluding steroid dienone is 1. The lowest BCUT2D eigenvalue weighted by molar-refractivity contribution is -0.119. The third-order valence-electron chi connectivity index (χ3n) is 2.97. The second kappa shape index (κ2) is 4.59. The first-order valence-electron chi connectivity index (χ1n) is 5.47. The van der Waals surface area contributed by atoms with E-state index in [0.29, 0.717) is 5.57 Å². The molecule has 2 rings (SSSR count). The number of benzene rings is 1. The molecular formula is C13H15NO3. The maximum atomic E-state index is 11.8. The van der Waals surface area contributed by atoms with Gasteiger partial charge < -0.3 is 9.84 Å². The largest absolute Gasteiger partial charge is 0.497 e. The molecule has 0 aliphatic carbocycles. The fraction of sp³-hybridized carbons (Fsp3) is 0.308. The van der Waals surface area contributed by atoms with Crippen molar-refractivity contribution in [3.63, 3.8) is 0 Å². The Kier molecular flexibility index (Phi) is 3.15. The number of carbonyl (C=O) groups is 1. The minimum atomic E-state index is -0.221. The predicted octanol–water partition coefficient (Wildman–Crippen LogP) is 1.35. The van der Waals surface area contributed by atoms with Gasteiger partial charge in [0.25, 0.3) is 5.91 Å². The van der Waals surface area contributed by atoms with E-state index in [2.05, 4.69) is 0 Å². The van der Waals surface area contributed by atoms with E-state index in [-0.39, 0.29) is 18.6 Å². The van der Waals surface area contributed by atoms with Gasteiger partial charge in [-0.2, -0.15) is 0 Å². The molecule has 1 aliphatic heterocycles. The van der Waals surface area contributed by atoms with Crippen LogP contribution in [0, 0.1) is 0 Å². The Labute approximate surface area is 100 Å². The van der Waals surface area contributed by atoms with Gasteiger partial charge in [0, 0.05) is 11.3 Å². The summed E-state index contributed by atoms with van der Waals surface area (Å²) in [7, 11) is 1.60. The van der Waals surface area contributed by atoms with E-state index in [9.17, 15) is 9.90 Å². The van der Waals surface area contributed by atoms with Gasteiger partial charge in [-0.25, -0.2) is 0 Å². The fourth-order valence-corrected chi connectivity index (χ4v) is 2.03. The van der Waals surface area contributed by atoms with Crippen LogP contribution in [-0.2, 0) is 4.79 Å². The predicted molar refractivity (Wildman–Crippen MR) is 65.1 cm³/mol. The molecule has 1 aliphatic rings. The highest BCUT2D eigenvalue weighted by atomic mass is 16.5. The number of methoxy groups -OCH3 is 1. The van der Waals surface area contributed by atoms with Crippen molar-refractivity contribution in [2.45, 2.75) is 13.0 Å². The SMILES string of the molecule is C/C=C1/C(=O)N(c2ccc(OC)cc2)C1CO. The standard InChI is InChI=1S/C13H15NO3/c1-3-11-12(8-15)14(13(11)16)9-4-6-10(17-2)7-5-9/h3-7,12,15H,8H2,1-2H3/b11-3+. The third-order valence-corrected chi connectivity index (χ3v) is 2.97. The summed E-state index contributed by atoms with van der Waals surface area (Å²) < 4.78 is 5.06. The first kappa shape index (κ1) is 11.7. The van der Waals surface area contributed by atoms with Gasteiger partial charge in [0.2, 0.25) is 0 Å². The van der Waals surface area contributed by atoms with Crippen LogP contribution in [0.1, 0.15) is 6.92 Å². The number of rotatable bonds is 3. The summed E-state index contributed by atoms with van der Waals surface area (Å²) in [5.41, 5.74) is 1.45. The highest BCUT2D eigenvalue weighted by Crippen LogP contribution is 2.32. The molecule has 90 valence electrons. The Morgan fingerprint density at radius 1 is 1.41 bits per heavy atom. The van der Waals surface area contributed by atoms with Gasteiger partial charge >= 0.3 is 0 Å². The zero-order valence-electron chi connectivity index (χ0n) is 9.88. The van der Waals surface area contributed by atoms with Crippen LogP contribution >= 0.6 is 0 Å². The van der Waals surface area contributed by atoms with Gasteiger partial charge in [0.1, 0.15) is 5.75 Å². The molecule has 1 heterocycles. The summed E-state index contributed by atoms with van der Waals surface area (Å²) in [4.78, 5) is 13.4. The molecule has 1 aromatic rings. The molecule has 1 unspecified atom stereocenters. The van der Waals surface area contributed by atoms with Crippen LogP contribution in [0.25, 0.3) is 0 Å². The molecule has 1 saturated heterocycles. The number of amides is 1. The van der Waals surface area contributed by atoms with E-state index < -0.39 is 0 Å². The van der Waals surface area contributed by atoms with Gasteiger partial charge in [-0.3, -0.25) is 9.69 Å². The molecule has 0 spiro atoms. The summed E-state index contributed by atoms with van der Waals surface area (Å²) >= 11 is 0. The van der Waals surface area contributed by atoms with Gasteiger partial charge in [-0.15, -0.1) is 0 Å². The summed E-state index contributed by atoms with van der Waals surface area (Å²) in [6, 6.07) is 6.99. The molecular weight excluding hydrogens is 218 g/mol. The first-order chi connectivity index (χ1) is 8.22. The van der Waals surface area contributed by atoms with Crippen molar-refractivity contribution in [1.82, 2.24) is 0 Å². The zero-order chi connectivity index (χ0) is 12.4. The Morgan fingerprint density at radius 2 is 2.06 bits per heavy atom. The van der Waals surface area contributed by atoms with Crippen LogP contribution in [0.2, 0.25) is 0 Å². The van der Waals surface area contributed by atoms with Crippen molar-refractivity contribution in [2.75, 3.05) is 18.6 Å². The van der Waals surface area contributed by atoms with Crippen LogP contribution in [0.4, 0.5) is 5.69 Å². The van der Waals surface area contributed by atoms with Gasteiger partial charge in [0.05, 0.1) is 19.8 Å². The van der Waals surface area contributed by atoms with E-state index in [1.54, 1.807) is 37.1 Å². The lowest BCUT2D eigenvalue weighted by Gasteiger charge is -2.41. The van der Waals surface area contributed by atoms with Crippen molar-refractivity contribution in [1.29, 1.82) is 0 Å². The van der Waals surface area contributed by atoms with Crippen molar-refractivity contribution in [2.24, 2.45) is 0 Å². The summed E-state index contributed by atoms with van der Waals surface area (Å²) in [5.74, 6) is 0.699. The third kappa shape index (κ3) is 1.80. The Bertz CT molecular complexity index is 450. The number of hydrogen-bond acceptors (Lipinski definition) is 3. The van der Waals surface area contributed by atoms with Crippen molar-refractivity contribution >= 4 is 11.6 Å². The molecule has 1 amide bonds. The first-order valence-corrected chi connectivity index (χ1v) is 5.47. The number of anilines is 1. The van der Waals surface area contributed by atoms with Gasteiger partial charge in [-0.1, -0.05) is 6.08 Å². The minimum absolute atomic E-state index is 0.0447. The van der Waals surface area contributed by atoms with E-state index >= 15 is 0 Å². The fourth-order valence-electron chi connectivity index (χ4n) is 2.03. The van der Waals surface area contributed by atoms with Gasteiger partial charge in [-0.05, 0) is 31.2 Å². The average Bonchev–Trinajstić information content (AvgIpc) is 2.37. The van der Waals surface area contributed by atoms with E-state index in [4.69, 9.17) is 4.74 Å². The molecule has 0 saturated carbocycles. The van der Waals surface area contributed by atoms with Crippen LogP contribution in [0.15, 0.2) is 35.9 Å². The smallest absolute Gasteiger partial charge is 0.256 e. The quantitative estimate of drug-likeness (QED) is 0.633. The van der Waals surface area contributed by atoms with Crippen LogP contribution in [0.5, 0.6) is 5.75 Å². The second-order valence-electron chi connectivity index (χ2n) is 3.82. The lowest BCUT2D eigenvalue weighted by atomic mass is 9.94. The van der Waals surface area contributed by atoms with E-state index in [1.165, 1.54) is 0 Å². The molecule has 0 radical (unpaired) electrons. The summed E-state index contributed by atoms with van der Waals surface area (Å²) in [6.07, 6.45) is 1.75. The lowest BCUT2D eigenvalue weighted by Crippen LogP contribution is -2.57. The summed E-state index contributed by atoms with van der Waals surface area (Å²) in [6.45, 7) is 1.75. The average molecular weight is 233 g/mol. The summed E-state index contributed by atoms with van der Waals surface area (Å²) in [5, 5.41) is 9.28. The van der Waals surface area contributed by atoms with Crippen molar-refractivity contribution < 1.29 is 14.6 Å². The molecule has 4 heteroatoms. The number of nitrogens with zero attached hydrogens (tertiary/aromatic N) is 1.